The number of nitrogens with zero attached hydrogens (tertiary/aromatic N) is 3. The normalized spacial score (nSPS) is 20.0. The van der Waals surface area contributed by atoms with Gasteiger partial charge in [0, 0.05) is 12.6 Å². The van der Waals surface area contributed by atoms with Crippen LogP contribution in [-0.4, -0.2) is 29.3 Å². The van der Waals surface area contributed by atoms with E-state index in [-0.39, 0.29) is 0 Å². The molecule has 2 rings (SSSR count). The number of hydrogen-bond acceptors (Lipinski definition) is 5. The van der Waals surface area contributed by atoms with Crippen LogP contribution < -0.4 is 10.2 Å². The summed E-state index contributed by atoms with van der Waals surface area (Å²) < 4.78 is 5.74. The van der Waals surface area contributed by atoms with Crippen LogP contribution in [0.3, 0.4) is 0 Å². The maximum absolute atomic E-state index is 5.74. The third kappa shape index (κ3) is 3.02. The van der Waals surface area contributed by atoms with E-state index < -0.39 is 0 Å². The summed E-state index contributed by atoms with van der Waals surface area (Å²) in [6, 6.07) is 1.24. The Bertz CT molecular complexity index is 364. The van der Waals surface area contributed by atoms with E-state index in [1.165, 1.54) is 12.8 Å². The summed E-state index contributed by atoms with van der Waals surface area (Å²) in [7, 11) is 0. The van der Waals surface area contributed by atoms with Gasteiger partial charge < -0.3 is 14.6 Å². The van der Waals surface area contributed by atoms with Crippen molar-refractivity contribution >= 4 is 6.01 Å². The van der Waals surface area contributed by atoms with Crippen molar-refractivity contribution in [3.05, 3.63) is 5.89 Å². The van der Waals surface area contributed by atoms with E-state index in [1.807, 2.05) is 0 Å². The van der Waals surface area contributed by atoms with Crippen LogP contribution in [0.25, 0.3) is 0 Å². The summed E-state index contributed by atoms with van der Waals surface area (Å²) in [4.78, 5) is 2.26. The Morgan fingerprint density at radius 3 is 3.00 bits per heavy atom. The minimum Gasteiger partial charge on any atom is -0.407 e. The Morgan fingerprint density at radius 1 is 1.44 bits per heavy atom. The number of hydrogen-bond donors (Lipinski definition) is 1. The Kier molecular flexibility index (Phi) is 4.58. The van der Waals surface area contributed by atoms with Gasteiger partial charge in [-0.3, -0.25) is 0 Å². The third-order valence-electron chi connectivity index (χ3n) is 3.47. The fourth-order valence-corrected chi connectivity index (χ4v) is 2.53. The lowest BCUT2D eigenvalue weighted by molar-refractivity contribution is 0.429. The van der Waals surface area contributed by atoms with Gasteiger partial charge >= 0.3 is 6.01 Å². The van der Waals surface area contributed by atoms with Gasteiger partial charge in [0.25, 0.3) is 0 Å². The molecule has 1 saturated heterocycles. The number of rotatable bonds is 6. The monoisotopic (exact) mass is 252 g/mol. The lowest BCUT2D eigenvalue weighted by atomic mass is 10.0. The summed E-state index contributed by atoms with van der Waals surface area (Å²) >= 11 is 0. The zero-order chi connectivity index (χ0) is 13.0. The first kappa shape index (κ1) is 13.3. The number of nitrogens with one attached hydrogen (secondary N) is 1. The highest BCUT2D eigenvalue weighted by Gasteiger charge is 2.30. The summed E-state index contributed by atoms with van der Waals surface area (Å²) in [5, 5.41) is 11.6. The molecule has 5 heteroatoms. The van der Waals surface area contributed by atoms with Crippen LogP contribution in [0.1, 0.15) is 45.9 Å². The average molecular weight is 252 g/mol. The van der Waals surface area contributed by atoms with Crippen molar-refractivity contribution in [3.8, 4) is 0 Å². The largest absolute Gasteiger partial charge is 0.407 e. The second-order valence-electron chi connectivity index (χ2n) is 5.30. The molecule has 0 bridgehead atoms. The molecule has 1 aromatic heterocycles. The fraction of sp³-hybridized carbons (Fsp3) is 0.846. The van der Waals surface area contributed by atoms with Gasteiger partial charge in [-0.15, -0.1) is 5.10 Å². The quantitative estimate of drug-likeness (QED) is 0.787. The van der Waals surface area contributed by atoms with Gasteiger partial charge in [0.1, 0.15) is 0 Å². The summed E-state index contributed by atoms with van der Waals surface area (Å²) in [6.45, 7) is 9.33. The highest BCUT2D eigenvalue weighted by molar-refractivity contribution is 5.29. The number of anilines is 1. The maximum Gasteiger partial charge on any atom is 0.318 e. The molecular formula is C13H24N4O. The van der Waals surface area contributed by atoms with Gasteiger partial charge in [-0.2, -0.15) is 0 Å². The molecule has 1 aliphatic rings. The molecule has 2 heterocycles. The van der Waals surface area contributed by atoms with Crippen molar-refractivity contribution in [1.82, 2.24) is 15.5 Å². The van der Waals surface area contributed by atoms with Gasteiger partial charge in [0.2, 0.25) is 5.89 Å². The standard InChI is InChI=1S/C13H24N4O/c1-4-7-14-9-12-15-16-13(18-12)17-8-5-6-11(17)10(2)3/h10-11,14H,4-9H2,1-3H3. The highest BCUT2D eigenvalue weighted by atomic mass is 16.4. The predicted molar refractivity (Wildman–Crippen MR) is 71.5 cm³/mol. The SMILES string of the molecule is CCCNCc1nnc(N2CCCC2C(C)C)o1. The van der Waals surface area contributed by atoms with E-state index in [1.54, 1.807) is 0 Å². The molecule has 1 aromatic rings. The van der Waals surface area contributed by atoms with Crippen molar-refractivity contribution in [2.45, 2.75) is 52.6 Å². The van der Waals surface area contributed by atoms with Crippen LogP contribution >= 0.6 is 0 Å². The maximum atomic E-state index is 5.74. The number of aromatic nitrogens is 2. The Morgan fingerprint density at radius 2 is 2.28 bits per heavy atom. The molecule has 0 spiro atoms. The van der Waals surface area contributed by atoms with E-state index >= 15 is 0 Å². The van der Waals surface area contributed by atoms with Crippen molar-refractivity contribution < 1.29 is 4.42 Å². The summed E-state index contributed by atoms with van der Waals surface area (Å²) in [6.07, 6.45) is 3.56. The second kappa shape index (κ2) is 6.18. The molecule has 0 radical (unpaired) electrons. The van der Waals surface area contributed by atoms with Gasteiger partial charge in [-0.25, -0.2) is 0 Å². The molecule has 5 nitrogen and oxygen atoms in total. The van der Waals surface area contributed by atoms with Crippen LogP contribution in [0.15, 0.2) is 4.42 Å². The van der Waals surface area contributed by atoms with E-state index in [0.29, 0.717) is 30.4 Å². The molecular weight excluding hydrogens is 228 g/mol. The molecule has 0 saturated carbocycles. The van der Waals surface area contributed by atoms with E-state index in [0.717, 1.165) is 19.5 Å². The van der Waals surface area contributed by atoms with Crippen molar-refractivity contribution in [1.29, 1.82) is 0 Å². The van der Waals surface area contributed by atoms with Crippen LogP contribution in [0.4, 0.5) is 6.01 Å². The van der Waals surface area contributed by atoms with Crippen molar-refractivity contribution in [2.75, 3.05) is 18.0 Å². The molecule has 0 aliphatic carbocycles. The second-order valence-corrected chi connectivity index (χ2v) is 5.30. The van der Waals surface area contributed by atoms with Gasteiger partial charge in [-0.05, 0) is 31.7 Å². The van der Waals surface area contributed by atoms with Crippen LogP contribution in [0.2, 0.25) is 0 Å². The lowest BCUT2D eigenvalue weighted by Crippen LogP contribution is -2.33. The molecule has 18 heavy (non-hydrogen) atoms. The first-order valence-electron chi connectivity index (χ1n) is 7.02. The van der Waals surface area contributed by atoms with Crippen molar-refractivity contribution in [3.63, 3.8) is 0 Å². The van der Waals surface area contributed by atoms with Crippen molar-refractivity contribution in [2.24, 2.45) is 5.92 Å². The van der Waals surface area contributed by atoms with Crippen LogP contribution in [0.5, 0.6) is 0 Å². The molecule has 1 fully saturated rings. The zero-order valence-electron chi connectivity index (χ0n) is 11.6. The third-order valence-corrected chi connectivity index (χ3v) is 3.47. The van der Waals surface area contributed by atoms with Crippen LogP contribution in [-0.2, 0) is 6.54 Å². The van der Waals surface area contributed by atoms with Gasteiger partial charge in [-0.1, -0.05) is 25.9 Å². The highest BCUT2D eigenvalue weighted by Crippen LogP contribution is 2.28. The van der Waals surface area contributed by atoms with E-state index in [2.05, 4.69) is 41.2 Å². The Balaban J connectivity index is 1.96. The van der Waals surface area contributed by atoms with E-state index in [9.17, 15) is 0 Å². The molecule has 1 N–H and O–H groups in total. The molecule has 1 unspecified atom stereocenters. The minimum absolute atomic E-state index is 0.543. The topological polar surface area (TPSA) is 54.2 Å². The molecule has 1 aliphatic heterocycles. The summed E-state index contributed by atoms with van der Waals surface area (Å²) in [5.74, 6) is 1.31. The van der Waals surface area contributed by atoms with Gasteiger partial charge in [0.15, 0.2) is 0 Å². The average Bonchev–Trinajstić information content (AvgIpc) is 2.96. The summed E-state index contributed by atoms with van der Waals surface area (Å²) in [5.41, 5.74) is 0. The molecule has 1 atom stereocenters. The van der Waals surface area contributed by atoms with Gasteiger partial charge in [0.05, 0.1) is 6.54 Å². The predicted octanol–water partition coefficient (Wildman–Crippen LogP) is 2.19. The molecule has 0 amide bonds. The van der Waals surface area contributed by atoms with E-state index in [4.69, 9.17) is 4.42 Å². The first-order valence-corrected chi connectivity index (χ1v) is 7.02. The first-order chi connectivity index (χ1) is 8.72. The fourth-order valence-electron chi connectivity index (χ4n) is 2.53. The lowest BCUT2D eigenvalue weighted by Gasteiger charge is -2.25. The zero-order valence-corrected chi connectivity index (χ0v) is 11.6. The molecule has 0 aromatic carbocycles. The Hall–Kier alpha value is -1.10. The Labute approximate surface area is 109 Å². The molecule has 102 valence electrons. The smallest absolute Gasteiger partial charge is 0.318 e. The minimum atomic E-state index is 0.543. The van der Waals surface area contributed by atoms with Crippen LogP contribution in [0, 0.1) is 5.92 Å².